The summed E-state index contributed by atoms with van der Waals surface area (Å²) in [4.78, 5) is 0. The monoisotopic (exact) mass is 970 g/mol. The van der Waals surface area contributed by atoms with Gasteiger partial charge in [0.05, 0.1) is 45.2 Å². The summed E-state index contributed by atoms with van der Waals surface area (Å²) in [6.07, 6.45) is -49.4. The van der Waals surface area contributed by atoms with E-state index in [1.165, 1.54) is 13.8 Å². The highest BCUT2D eigenvalue weighted by Crippen LogP contribution is 2.35. The van der Waals surface area contributed by atoms with E-state index in [1.54, 1.807) is 0 Å². The molecule has 0 amide bonds. The molecular formula is C37H62O29. The minimum absolute atomic E-state index is 0.397. The molecule has 0 saturated carbocycles. The van der Waals surface area contributed by atoms with E-state index in [-0.39, 0.29) is 0 Å². The van der Waals surface area contributed by atoms with Crippen LogP contribution in [0.5, 0.6) is 0 Å². The van der Waals surface area contributed by atoms with Crippen LogP contribution in [0.25, 0.3) is 0 Å². The Morgan fingerprint density at radius 3 is 1.30 bits per heavy atom. The van der Waals surface area contributed by atoms with E-state index in [9.17, 15) is 81.7 Å². The third kappa shape index (κ3) is 11.0. The number of aliphatic hydroxyl groups is 16. The lowest BCUT2D eigenvalue weighted by molar-refractivity contribution is -0.384. The summed E-state index contributed by atoms with van der Waals surface area (Å²) < 4.78 is 71.8. The van der Waals surface area contributed by atoms with Crippen molar-refractivity contribution >= 4 is 0 Å². The molecule has 7 aliphatic heterocycles. The molecule has 7 rings (SSSR count). The number of hydrogen-bond acceptors (Lipinski definition) is 29. The van der Waals surface area contributed by atoms with Gasteiger partial charge in [0.2, 0.25) is 0 Å². The summed E-state index contributed by atoms with van der Waals surface area (Å²) in [6, 6.07) is 0. The second kappa shape index (κ2) is 22.1. The van der Waals surface area contributed by atoms with Gasteiger partial charge >= 0.3 is 0 Å². The van der Waals surface area contributed by atoms with Crippen molar-refractivity contribution in [2.45, 2.75) is 198 Å². The van der Waals surface area contributed by atoms with Crippen LogP contribution in [0.2, 0.25) is 0 Å². The molecule has 29 heteroatoms. The first-order chi connectivity index (χ1) is 31.2. The van der Waals surface area contributed by atoms with Crippen LogP contribution < -0.4 is 0 Å². The fourth-order valence-electron chi connectivity index (χ4n) is 8.48. The second-order valence-electron chi connectivity index (χ2n) is 17.3. The highest BCUT2D eigenvalue weighted by atomic mass is 16.8. The fraction of sp³-hybridized carbons (Fsp3) is 1.00. The van der Waals surface area contributed by atoms with Crippen molar-refractivity contribution < 1.29 is 143 Å². The van der Waals surface area contributed by atoms with E-state index in [4.69, 9.17) is 61.6 Å². The zero-order valence-electron chi connectivity index (χ0n) is 35.3. The quantitative estimate of drug-likeness (QED) is 0.0863. The first-order valence-electron chi connectivity index (χ1n) is 21.4. The summed E-state index contributed by atoms with van der Waals surface area (Å²) >= 11 is 0. The molecule has 384 valence electrons. The molecule has 0 aromatic carbocycles. The Morgan fingerprint density at radius 2 is 0.682 bits per heavy atom. The fourth-order valence-corrected chi connectivity index (χ4v) is 8.48. The molecule has 7 saturated heterocycles. The highest BCUT2D eigenvalue weighted by molar-refractivity contribution is 4.97. The van der Waals surface area contributed by atoms with Crippen molar-refractivity contribution in [3.8, 4) is 0 Å². The summed E-state index contributed by atoms with van der Waals surface area (Å²) in [5.41, 5.74) is 0. The topological polar surface area (TPSA) is 444 Å². The molecule has 7 fully saturated rings. The normalized spacial score (nSPS) is 55.4. The van der Waals surface area contributed by atoms with Gasteiger partial charge < -0.3 is 143 Å². The Hall–Kier alpha value is -1.16. The van der Waals surface area contributed by atoms with Crippen LogP contribution in [0.1, 0.15) is 13.8 Å². The molecule has 0 aromatic heterocycles. The van der Waals surface area contributed by atoms with Gasteiger partial charge in [-0.05, 0) is 13.8 Å². The molecule has 7 heterocycles. The zero-order chi connectivity index (χ0) is 48.0. The molecule has 0 radical (unpaired) electrons. The smallest absolute Gasteiger partial charge is 0.187 e. The highest BCUT2D eigenvalue weighted by Gasteiger charge is 2.55. The van der Waals surface area contributed by atoms with Crippen molar-refractivity contribution in [2.24, 2.45) is 0 Å². The van der Waals surface area contributed by atoms with Gasteiger partial charge in [0.1, 0.15) is 128 Å². The zero-order valence-corrected chi connectivity index (χ0v) is 35.3. The van der Waals surface area contributed by atoms with Gasteiger partial charge in [-0.3, -0.25) is 0 Å². The lowest BCUT2D eigenvalue weighted by atomic mass is 9.97. The molecule has 0 aromatic rings. The van der Waals surface area contributed by atoms with Crippen LogP contribution in [0.15, 0.2) is 0 Å². The third-order valence-corrected chi connectivity index (χ3v) is 12.5. The van der Waals surface area contributed by atoms with Crippen molar-refractivity contribution in [1.82, 2.24) is 0 Å². The van der Waals surface area contributed by atoms with E-state index in [1.807, 2.05) is 0 Å². The van der Waals surface area contributed by atoms with E-state index in [2.05, 4.69) is 0 Å². The Labute approximate surface area is 374 Å². The SMILES string of the molecule is C[C@@H]1O[C@@H](O[C@@H]2[C@@H](O)[C@H](O)CO[C@H]2O)[C@H](O)[C@H](O[C@@H]2OC[C@@H](O)[C@H](O[C@@H]3O[C@@H](C)[C@H](O[C@@H]4OC[C@@H](O)[C@H](O[C@@H]5OC[C@@H](O[C@@H]6OC[C@@H](O)[C@H](O)[C@H]6O)[C@H](O)[C@H]5O)[C@H]4O)[C@@H](O)[C@H]3O)[C@H]2O)[C@H]1O. The minimum atomic E-state index is -1.98. The van der Waals surface area contributed by atoms with Crippen LogP contribution in [0.3, 0.4) is 0 Å². The number of hydrogen-bond donors (Lipinski definition) is 16. The van der Waals surface area contributed by atoms with Crippen molar-refractivity contribution in [3.05, 3.63) is 0 Å². The van der Waals surface area contributed by atoms with Gasteiger partial charge in [-0.25, -0.2) is 0 Å². The Bertz CT molecular complexity index is 1520. The molecule has 30 atom stereocenters. The largest absolute Gasteiger partial charge is 0.388 e. The lowest BCUT2D eigenvalue weighted by Gasteiger charge is -2.48. The van der Waals surface area contributed by atoms with Crippen LogP contribution in [-0.2, 0) is 61.6 Å². The van der Waals surface area contributed by atoms with Gasteiger partial charge in [0, 0.05) is 0 Å². The molecule has 0 spiro atoms. The summed E-state index contributed by atoms with van der Waals surface area (Å²) in [5.74, 6) is 0. The number of rotatable bonds is 12. The maximum Gasteiger partial charge on any atom is 0.187 e. The number of aliphatic hydroxyl groups excluding tert-OH is 16. The van der Waals surface area contributed by atoms with Crippen LogP contribution >= 0.6 is 0 Å². The van der Waals surface area contributed by atoms with Gasteiger partial charge in [0.25, 0.3) is 0 Å². The van der Waals surface area contributed by atoms with Crippen molar-refractivity contribution in [2.75, 3.05) is 33.0 Å². The summed E-state index contributed by atoms with van der Waals surface area (Å²) in [5, 5.41) is 170. The van der Waals surface area contributed by atoms with Crippen LogP contribution in [0.4, 0.5) is 0 Å². The maximum absolute atomic E-state index is 11.3. The van der Waals surface area contributed by atoms with E-state index >= 15 is 0 Å². The molecule has 66 heavy (non-hydrogen) atoms. The van der Waals surface area contributed by atoms with Gasteiger partial charge in [-0.1, -0.05) is 0 Å². The van der Waals surface area contributed by atoms with Gasteiger partial charge in [-0.2, -0.15) is 0 Å². The Morgan fingerprint density at radius 1 is 0.288 bits per heavy atom. The summed E-state index contributed by atoms with van der Waals surface area (Å²) in [6.45, 7) is 0.345. The van der Waals surface area contributed by atoms with E-state index < -0.39 is 217 Å². The Kier molecular flexibility index (Phi) is 17.6. The second-order valence-corrected chi connectivity index (χ2v) is 17.3. The predicted molar refractivity (Wildman–Crippen MR) is 199 cm³/mol. The van der Waals surface area contributed by atoms with Gasteiger partial charge in [0.15, 0.2) is 44.0 Å². The van der Waals surface area contributed by atoms with Crippen molar-refractivity contribution in [1.29, 1.82) is 0 Å². The van der Waals surface area contributed by atoms with E-state index in [0.717, 1.165) is 0 Å². The molecule has 0 aliphatic carbocycles. The average Bonchev–Trinajstić information content (AvgIpc) is 3.28. The molecule has 0 unspecified atom stereocenters. The first-order valence-corrected chi connectivity index (χ1v) is 21.4. The Balaban J connectivity index is 0.924. The molecule has 7 aliphatic rings. The van der Waals surface area contributed by atoms with Crippen LogP contribution in [0, 0.1) is 0 Å². The average molecular weight is 971 g/mol. The maximum atomic E-state index is 11.3. The lowest BCUT2D eigenvalue weighted by Crippen LogP contribution is -2.66. The predicted octanol–water partition coefficient (Wildman–Crippen LogP) is -11.0. The standard InChI is InChI=1S/C37H62O29/c1-8-15(42)29(25(52)37(59-8)66-30-17(44)11(39)3-54-31(30)53)65-35-24(51)28(13(41)6-57-35)64-36-22(49)19(46)26(9(2)60-36)62-34-23(50)27(12(40)5-56-34)63-33-21(48)18(45)14(7-58-33)61-32-20(47)16(43)10(38)4-55-32/h8-53H,3-7H2,1-2H3/t8-,9-,10+,11+,12+,13+,14+,15-,16-,17-,18-,19-,20+,21+,22+,23+,24+,25+,26-,27-,28-,29+,30+,31+,32-,33-,34-,35-,36-,37-/m0/s1. The van der Waals surface area contributed by atoms with E-state index in [0.29, 0.717) is 0 Å². The molecule has 16 N–H and O–H groups in total. The minimum Gasteiger partial charge on any atom is -0.388 e. The molecule has 29 nitrogen and oxygen atoms in total. The molecular weight excluding hydrogens is 908 g/mol. The van der Waals surface area contributed by atoms with Crippen molar-refractivity contribution in [3.63, 3.8) is 0 Å². The van der Waals surface area contributed by atoms with Crippen LogP contribution in [-0.4, -0.2) is 299 Å². The third-order valence-electron chi connectivity index (χ3n) is 12.5. The van der Waals surface area contributed by atoms with Gasteiger partial charge in [-0.15, -0.1) is 0 Å². The molecule has 0 bridgehead atoms. The number of ether oxygens (including phenoxy) is 13. The summed E-state index contributed by atoms with van der Waals surface area (Å²) in [7, 11) is 0. The first kappa shape index (κ1) is 52.7.